The van der Waals surface area contributed by atoms with E-state index in [0.717, 1.165) is 25.7 Å². The lowest BCUT2D eigenvalue weighted by Gasteiger charge is -2.41. The fourth-order valence-corrected chi connectivity index (χ4v) is 6.87. The van der Waals surface area contributed by atoms with Gasteiger partial charge in [0.1, 0.15) is 0 Å². The van der Waals surface area contributed by atoms with Gasteiger partial charge in [-0.2, -0.15) is 0 Å². The van der Waals surface area contributed by atoms with Gasteiger partial charge in [0, 0.05) is 18.9 Å². The Bertz CT molecular complexity index is 472. The van der Waals surface area contributed by atoms with E-state index in [-0.39, 0.29) is 11.3 Å². The van der Waals surface area contributed by atoms with Crippen molar-refractivity contribution < 1.29 is 17.9 Å². The molecule has 0 radical (unpaired) electrons. The minimum Gasteiger partial charge on any atom is -0.347 e. The molecule has 1 spiro atoms. The SMILES string of the molecule is CC1CCCC(S(=O)(=O)C2CC3(CCC2N)OCCO3)C1. The molecule has 0 aromatic rings. The fourth-order valence-electron chi connectivity index (χ4n) is 4.18. The maximum Gasteiger partial charge on any atom is 0.169 e. The van der Waals surface area contributed by atoms with Crippen molar-refractivity contribution in [3.63, 3.8) is 0 Å². The lowest BCUT2D eigenvalue weighted by atomic mass is 9.90. The van der Waals surface area contributed by atoms with Crippen LogP contribution in [-0.4, -0.2) is 44.0 Å². The highest BCUT2D eigenvalue weighted by Gasteiger charge is 2.50. The van der Waals surface area contributed by atoms with Crippen LogP contribution < -0.4 is 5.73 Å². The zero-order valence-electron chi connectivity index (χ0n) is 12.8. The monoisotopic (exact) mass is 317 g/mol. The summed E-state index contributed by atoms with van der Waals surface area (Å²) in [6.07, 6.45) is 5.48. The van der Waals surface area contributed by atoms with Crippen molar-refractivity contribution in [1.82, 2.24) is 0 Å². The molecule has 1 aliphatic heterocycles. The second kappa shape index (κ2) is 5.80. The summed E-state index contributed by atoms with van der Waals surface area (Å²) in [4.78, 5) is 0. The molecule has 2 saturated carbocycles. The second-order valence-corrected chi connectivity index (χ2v) is 9.49. The van der Waals surface area contributed by atoms with Crippen LogP contribution in [-0.2, 0) is 19.3 Å². The molecule has 3 rings (SSSR count). The van der Waals surface area contributed by atoms with Gasteiger partial charge < -0.3 is 15.2 Å². The van der Waals surface area contributed by atoms with Gasteiger partial charge in [-0.1, -0.05) is 19.8 Å². The van der Waals surface area contributed by atoms with Gasteiger partial charge in [0.25, 0.3) is 0 Å². The topological polar surface area (TPSA) is 78.6 Å². The van der Waals surface area contributed by atoms with E-state index >= 15 is 0 Å². The molecule has 0 aromatic heterocycles. The van der Waals surface area contributed by atoms with Crippen LogP contribution >= 0.6 is 0 Å². The molecular formula is C15H27NO4S. The molecule has 0 bridgehead atoms. The summed E-state index contributed by atoms with van der Waals surface area (Å²) < 4.78 is 37.5. The summed E-state index contributed by atoms with van der Waals surface area (Å²) in [6.45, 7) is 3.26. The molecule has 2 aliphatic carbocycles. The maximum atomic E-state index is 13.0. The Morgan fingerprint density at radius 3 is 2.52 bits per heavy atom. The molecular weight excluding hydrogens is 290 g/mol. The Kier molecular flexibility index (Phi) is 4.34. The van der Waals surface area contributed by atoms with Crippen molar-refractivity contribution in [1.29, 1.82) is 0 Å². The first kappa shape index (κ1) is 15.7. The van der Waals surface area contributed by atoms with Gasteiger partial charge in [-0.3, -0.25) is 0 Å². The zero-order chi connectivity index (χ0) is 15.1. The normalized spacial score (nSPS) is 40.5. The number of ether oxygens (including phenoxy) is 2. The van der Waals surface area contributed by atoms with Gasteiger partial charge in [0.15, 0.2) is 15.6 Å². The highest BCUT2D eigenvalue weighted by molar-refractivity contribution is 7.92. The Labute approximate surface area is 127 Å². The molecule has 4 atom stereocenters. The van der Waals surface area contributed by atoms with Crippen LogP contribution in [0.2, 0.25) is 0 Å². The number of hydrogen-bond acceptors (Lipinski definition) is 5. The molecule has 1 saturated heterocycles. The Balaban J connectivity index is 1.79. The molecule has 4 unspecified atom stereocenters. The summed E-state index contributed by atoms with van der Waals surface area (Å²) in [5.41, 5.74) is 6.17. The highest BCUT2D eigenvalue weighted by atomic mass is 32.2. The fraction of sp³-hybridized carbons (Fsp3) is 1.00. The van der Waals surface area contributed by atoms with Crippen molar-refractivity contribution in [2.75, 3.05) is 13.2 Å². The summed E-state index contributed by atoms with van der Waals surface area (Å²) >= 11 is 0. The molecule has 3 aliphatic rings. The van der Waals surface area contributed by atoms with Crippen molar-refractivity contribution in [2.24, 2.45) is 11.7 Å². The standard InChI is InChI=1S/C15H27NO4S/c1-11-3-2-4-12(9-11)21(17,18)14-10-15(6-5-13(14)16)19-7-8-20-15/h11-14H,2-10,16H2,1H3. The molecule has 0 amide bonds. The van der Waals surface area contributed by atoms with Gasteiger partial charge in [-0.25, -0.2) is 8.42 Å². The van der Waals surface area contributed by atoms with E-state index in [4.69, 9.17) is 15.2 Å². The van der Waals surface area contributed by atoms with E-state index in [1.807, 2.05) is 0 Å². The van der Waals surface area contributed by atoms with E-state index in [9.17, 15) is 8.42 Å². The first-order valence-corrected chi connectivity index (χ1v) is 9.80. The second-order valence-electron chi connectivity index (χ2n) is 7.04. The molecule has 21 heavy (non-hydrogen) atoms. The largest absolute Gasteiger partial charge is 0.347 e. The smallest absolute Gasteiger partial charge is 0.169 e. The van der Waals surface area contributed by atoms with Gasteiger partial charge in [-0.15, -0.1) is 0 Å². The molecule has 0 aromatic carbocycles. The number of nitrogens with two attached hydrogens (primary N) is 1. The average Bonchev–Trinajstić information content (AvgIpc) is 2.90. The van der Waals surface area contributed by atoms with Crippen LogP contribution in [0.15, 0.2) is 0 Å². The van der Waals surface area contributed by atoms with Crippen LogP contribution in [0, 0.1) is 5.92 Å². The number of hydrogen-bond donors (Lipinski definition) is 1. The molecule has 122 valence electrons. The van der Waals surface area contributed by atoms with Crippen molar-refractivity contribution in [2.45, 2.75) is 74.2 Å². The Hall–Kier alpha value is -0.170. The zero-order valence-corrected chi connectivity index (χ0v) is 13.6. The van der Waals surface area contributed by atoms with Gasteiger partial charge in [0.05, 0.1) is 23.7 Å². The number of sulfone groups is 1. The Morgan fingerprint density at radius 1 is 1.14 bits per heavy atom. The van der Waals surface area contributed by atoms with Gasteiger partial charge >= 0.3 is 0 Å². The summed E-state index contributed by atoms with van der Waals surface area (Å²) in [7, 11) is -3.22. The van der Waals surface area contributed by atoms with Crippen molar-refractivity contribution in [3.05, 3.63) is 0 Å². The molecule has 3 fully saturated rings. The van der Waals surface area contributed by atoms with Gasteiger partial charge in [0.2, 0.25) is 0 Å². The lowest BCUT2D eigenvalue weighted by molar-refractivity contribution is -0.177. The molecule has 5 nitrogen and oxygen atoms in total. The summed E-state index contributed by atoms with van der Waals surface area (Å²) in [5, 5.41) is -0.742. The van der Waals surface area contributed by atoms with Crippen LogP contribution in [0.3, 0.4) is 0 Å². The van der Waals surface area contributed by atoms with Crippen LogP contribution in [0.1, 0.15) is 51.9 Å². The van der Waals surface area contributed by atoms with E-state index < -0.39 is 20.9 Å². The van der Waals surface area contributed by atoms with Crippen LogP contribution in [0.5, 0.6) is 0 Å². The predicted molar refractivity (Wildman–Crippen MR) is 80.6 cm³/mol. The first-order chi connectivity index (χ1) is 9.93. The van der Waals surface area contributed by atoms with E-state index in [1.54, 1.807) is 0 Å². The Morgan fingerprint density at radius 2 is 1.86 bits per heavy atom. The first-order valence-electron chi connectivity index (χ1n) is 8.19. The number of rotatable bonds is 2. The third-order valence-corrected chi connectivity index (χ3v) is 8.15. The van der Waals surface area contributed by atoms with Gasteiger partial charge in [-0.05, 0) is 25.2 Å². The maximum absolute atomic E-state index is 13.0. The third-order valence-electron chi connectivity index (χ3n) is 5.44. The minimum absolute atomic E-state index is 0.228. The lowest BCUT2D eigenvalue weighted by Crippen LogP contribution is -2.54. The molecule has 1 heterocycles. The molecule has 2 N–H and O–H groups in total. The quantitative estimate of drug-likeness (QED) is 0.837. The highest BCUT2D eigenvalue weighted by Crippen LogP contribution is 2.41. The van der Waals surface area contributed by atoms with Crippen molar-refractivity contribution >= 4 is 9.84 Å². The van der Waals surface area contributed by atoms with E-state index in [2.05, 4.69) is 6.92 Å². The third kappa shape index (κ3) is 3.00. The predicted octanol–water partition coefficient (Wildman–Crippen LogP) is 1.60. The summed E-state index contributed by atoms with van der Waals surface area (Å²) in [6, 6.07) is -0.286. The van der Waals surface area contributed by atoms with E-state index in [0.29, 0.717) is 38.4 Å². The van der Waals surface area contributed by atoms with Crippen LogP contribution in [0.4, 0.5) is 0 Å². The average molecular weight is 317 g/mol. The van der Waals surface area contributed by atoms with Crippen LogP contribution in [0.25, 0.3) is 0 Å². The van der Waals surface area contributed by atoms with E-state index in [1.165, 1.54) is 0 Å². The minimum atomic E-state index is -3.22. The van der Waals surface area contributed by atoms with Crippen molar-refractivity contribution in [3.8, 4) is 0 Å². The summed E-state index contributed by atoms with van der Waals surface area (Å²) in [5.74, 6) is -0.195. The molecule has 6 heteroatoms.